The van der Waals surface area contributed by atoms with Crippen LogP contribution in [0.4, 0.5) is 17.8 Å². The van der Waals surface area contributed by atoms with Crippen LogP contribution in [0.3, 0.4) is 0 Å². The fourth-order valence-electron chi connectivity index (χ4n) is 2.87. The van der Waals surface area contributed by atoms with E-state index in [1.807, 2.05) is 26.0 Å². The summed E-state index contributed by atoms with van der Waals surface area (Å²) in [5.74, 6) is 3.01. The Labute approximate surface area is 128 Å². The molecule has 0 aromatic carbocycles. The fraction of sp³-hybridized carbons (Fsp3) is 0.800. The summed E-state index contributed by atoms with van der Waals surface area (Å²) in [5, 5.41) is 3.03. The number of hydrogen-bond acceptors (Lipinski definition) is 6. The molecule has 1 atom stereocenters. The highest BCUT2D eigenvalue weighted by Gasteiger charge is 2.19. The molecule has 1 N–H and O–H groups in total. The van der Waals surface area contributed by atoms with Crippen molar-refractivity contribution in [3.05, 3.63) is 0 Å². The number of nitrogens with one attached hydrogen (secondary N) is 1. The second-order valence-electron chi connectivity index (χ2n) is 5.98. The Kier molecular flexibility index (Phi) is 5.59. The highest BCUT2D eigenvalue weighted by molar-refractivity contribution is 5.44. The van der Waals surface area contributed by atoms with Crippen molar-refractivity contribution in [2.45, 2.75) is 39.0 Å². The van der Waals surface area contributed by atoms with E-state index >= 15 is 0 Å². The average molecular weight is 292 g/mol. The van der Waals surface area contributed by atoms with Gasteiger partial charge >= 0.3 is 0 Å². The van der Waals surface area contributed by atoms with Gasteiger partial charge in [-0.2, -0.15) is 15.0 Å². The van der Waals surface area contributed by atoms with Gasteiger partial charge < -0.3 is 15.1 Å². The Morgan fingerprint density at radius 1 is 1.19 bits per heavy atom. The molecule has 1 aromatic rings. The van der Waals surface area contributed by atoms with Crippen LogP contribution in [-0.4, -0.2) is 49.2 Å². The predicted octanol–water partition coefficient (Wildman–Crippen LogP) is 2.39. The summed E-state index contributed by atoms with van der Waals surface area (Å²) >= 11 is 0. The summed E-state index contributed by atoms with van der Waals surface area (Å²) in [4.78, 5) is 17.8. The normalized spacial score (nSPS) is 19.2. The lowest BCUT2D eigenvalue weighted by molar-refractivity contribution is 0.435. The number of nitrogens with zero attached hydrogens (tertiary/aromatic N) is 5. The lowest BCUT2D eigenvalue weighted by atomic mass is 9.96. The van der Waals surface area contributed by atoms with E-state index in [0.29, 0.717) is 11.9 Å². The highest BCUT2D eigenvalue weighted by atomic mass is 15.3. The van der Waals surface area contributed by atoms with Crippen LogP contribution in [0.2, 0.25) is 0 Å². The average Bonchev–Trinajstić information content (AvgIpc) is 2.73. The van der Waals surface area contributed by atoms with Crippen molar-refractivity contribution in [2.75, 3.05) is 49.3 Å². The van der Waals surface area contributed by atoms with E-state index in [0.717, 1.165) is 25.0 Å². The Morgan fingerprint density at radius 2 is 2.00 bits per heavy atom. The summed E-state index contributed by atoms with van der Waals surface area (Å²) in [6.45, 7) is 4.36. The van der Waals surface area contributed by atoms with Crippen LogP contribution < -0.4 is 15.1 Å². The topological polar surface area (TPSA) is 57.2 Å². The van der Waals surface area contributed by atoms with Crippen molar-refractivity contribution in [2.24, 2.45) is 5.92 Å². The summed E-state index contributed by atoms with van der Waals surface area (Å²) in [7, 11) is 5.76. The van der Waals surface area contributed by atoms with E-state index < -0.39 is 0 Å². The molecule has 1 aromatic heterocycles. The van der Waals surface area contributed by atoms with Gasteiger partial charge in [-0.05, 0) is 25.2 Å². The van der Waals surface area contributed by atoms with Gasteiger partial charge in [0.1, 0.15) is 0 Å². The van der Waals surface area contributed by atoms with Crippen LogP contribution in [-0.2, 0) is 0 Å². The third kappa shape index (κ3) is 4.19. The molecule has 1 saturated heterocycles. The first-order chi connectivity index (χ1) is 10.1. The van der Waals surface area contributed by atoms with Gasteiger partial charge in [0.05, 0.1) is 0 Å². The zero-order valence-electron chi connectivity index (χ0n) is 13.8. The molecule has 1 aliphatic rings. The lowest BCUT2D eigenvalue weighted by Crippen LogP contribution is -2.28. The van der Waals surface area contributed by atoms with E-state index in [1.165, 1.54) is 32.1 Å². The van der Waals surface area contributed by atoms with Crippen molar-refractivity contribution < 1.29 is 0 Å². The standard InChI is InChI=1S/C15H28N6/c1-5-7-12-8-6-10-21(11-9-12)15-18-13(16-2)17-14(19-15)20(3)4/h12H,5-11H2,1-4H3,(H,16,17,18,19). The second kappa shape index (κ2) is 7.43. The van der Waals surface area contributed by atoms with Crippen LogP contribution in [0.5, 0.6) is 0 Å². The monoisotopic (exact) mass is 292 g/mol. The molecule has 1 unspecified atom stereocenters. The highest BCUT2D eigenvalue weighted by Crippen LogP contribution is 2.24. The number of rotatable bonds is 5. The maximum atomic E-state index is 4.61. The molecule has 2 heterocycles. The van der Waals surface area contributed by atoms with Crippen molar-refractivity contribution in [3.63, 3.8) is 0 Å². The molecular weight excluding hydrogens is 264 g/mol. The third-order valence-electron chi connectivity index (χ3n) is 4.06. The van der Waals surface area contributed by atoms with E-state index in [9.17, 15) is 0 Å². The molecule has 0 saturated carbocycles. The number of aromatic nitrogens is 3. The van der Waals surface area contributed by atoms with Gasteiger partial charge in [0.15, 0.2) is 0 Å². The first-order valence-corrected chi connectivity index (χ1v) is 8.00. The quantitative estimate of drug-likeness (QED) is 0.899. The van der Waals surface area contributed by atoms with E-state index in [1.54, 1.807) is 0 Å². The largest absolute Gasteiger partial charge is 0.357 e. The zero-order chi connectivity index (χ0) is 15.2. The molecule has 118 valence electrons. The predicted molar refractivity (Wildman–Crippen MR) is 88.2 cm³/mol. The first kappa shape index (κ1) is 15.8. The van der Waals surface area contributed by atoms with Gasteiger partial charge in [0, 0.05) is 34.2 Å². The molecule has 0 bridgehead atoms. The van der Waals surface area contributed by atoms with Gasteiger partial charge in [-0.1, -0.05) is 19.8 Å². The van der Waals surface area contributed by atoms with Gasteiger partial charge in [-0.15, -0.1) is 0 Å². The molecule has 1 fully saturated rings. The van der Waals surface area contributed by atoms with E-state index in [2.05, 4.69) is 32.1 Å². The van der Waals surface area contributed by atoms with Crippen LogP contribution in [0.25, 0.3) is 0 Å². The SMILES string of the molecule is CCCC1CCCN(c2nc(NC)nc(N(C)C)n2)CC1. The summed E-state index contributed by atoms with van der Waals surface area (Å²) < 4.78 is 0. The summed E-state index contributed by atoms with van der Waals surface area (Å²) in [6.07, 6.45) is 6.42. The molecule has 6 heteroatoms. The number of hydrogen-bond donors (Lipinski definition) is 1. The van der Waals surface area contributed by atoms with Gasteiger partial charge in [-0.25, -0.2) is 0 Å². The molecule has 0 amide bonds. The molecule has 6 nitrogen and oxygen atoms in total. The van der Waals surface area contributed by atoms with Crippen molar-refractivity contribution in [1.82, 2.24) is 15.0 Å². The molecular formula is C15H28N6. The van der Waals surface area contributed by atoms with Gasteiger partial charge in [0.25, 0.3) is 0 Å². The lowest BCUT2D eigenvalue weighted by Gasteiger charge is -2.22. The molecule has 0 spiro atoms. The van der Waals surface area contributed by atoms with Crippen LogP contribution >= 0.6 is 0 Å². The van der Waals surface area contributed by atoms with Gasteiger partial charge in [0.2, 0.25) is 17.8 Å². The fourth-order valence-corrected chi connectivity index (χ4v) is 2.87. The van der Waals surface area contributed by atoms with E-state index in [4.69, 9.17) is 0 Å². The Morgan fingerprint density at radius 3 is 2.67 bits per heavy atom. The second-order valence-corrected chi connectivity index (χ2v) is 5.98. The third-order valence-corrected chi connectivity index (χ3v) is 4.06. The van der Waals surface area contributed by atoms with E-state index in [-0.39, 0.29) is 0 Å². The molecule has 0 radical (unpaired) electrons. The Hall–Kier alpha value is -1.59. The zero-order valence-corrected chi connectivity index (χ0v) is 13.8. The Bertz CT molecular complexity index is 448. The molecule has 1 aliphatic heterocycles. The molecule has 21 heavy (non-hydrogen) atoms. The maximum absolute atomic E-state index is 4.61. The summed E-state index contributed by atoms with van der Waals surface area (Å²) in [5.41, 5.74) is 0. The van der Waals surface area contributed by atoms with Crippen LogP contribution in [0.1, 0.15) is 39.0 Å². The van der Waals surface area contributed by atoms with Gasteiger partial charge in [-0.3, -0.25) is 0 Å². The van der Waals surface area contributed by atoms with Crippen molar-refractivity contribution >= 4 is 17.8 Å². The smallest absolute Gasteiger partial charge is 0.231 e. The molecule has 2 rings (SSSR count). The number of anilines is 3. The van der Waals surface area contributed by atoms with Crippen LogP contribution in [0, 0.1) is 5.92 Å². The minimum absolute atomic E-state index is 0.637. The summed E-state index contributed by atoms with van der Waals surface area (Å²) in [6, 6.07) is 0. The van der Waals surface area contributed by atoms with Crippen molar-refractivity contribution in [1.29, 1.82) is 0 Å². The minimum atomic E-state index is 0.637. The minimum Gasteiger partial charge on any atom is -0.357 e. The Balaban J connectivity index is 2.15. The van der Waals surface area contributed by atoms with Crippen molar-refractivity contribution in [3.8, 4) is 0 Å². The maximum Gasteiger partial charge on any atom is 0.231 e. The first-order valence-electron chi connectivity index (χ1n) is 8.00. The molecule has 0 aliphatic carbocycles. The van der Waals surface area contributed by atoms with Crippen LogP contribution in [0.15, 0.2) is 0 Å².